The maximum atomic E-state index is 11.9. The van der Waals surface area contributed by atoms with Crippen LogP contribution >= 0.6 is 0 Å². The summed E-state index contributed by atoms with van der Waals surface area (Å²) >= 11 is 0. The number of nitrogens with one attached hydrogen (secondary N) is 1. The van der Waals surface area contributed by atoms with Crippen molar-refractivity contribution < 1.29 is 4.21 Å². The first-order valence-electron chi connectivity index (χ1n) is 5.76. The molecule has 0 saturated heterocycles. The molecule has 0 saturated carbocycles. The fourth-order valence-corrected chi connectivity index (χ4v) is 1.97. The predicted molar refractivity (Wildman–Crippen MR) is 74.9 cm³/mol. The van der Waals surface area contributed by atoms with Gasteiger partial charge in [-0.3, -0.25) is 4.21 Å². The van der Waals surface area contributed by atoms with E-state index in [0.717, 1.165) is 12.2 Å². The summed E-state index contributed by atoms with van der Waals surface area (Å²) in [6.45, 7) is 8.65. The third-order valence-corrected chi connectivity index (χ3v) is 4.08. The van der Waals surface area contributed by atoms with Gasteiger partial charge in [-0.05, 0) is 33.3 Å². The number of hydrogen-bond acceptors (Lipinski definition) is 2. The molecule has 0 aromatic heterocycles. The average molecular weight is 251 g/mol. The molecule has 1 aromatic rings. The number of allylic oxidation sites excluding steroid dienone is 1. The minimum absolute atomic E-state index is 0.199. The van der Waals surface area contributed by atoms with Crippen LogP contribution in [0, 0.1) is 0 Å². The largest absolute Gasteiger partial charge is 0.384 e. The molecule has 0 aliphatic rings. The Labute approximate surface area is 107 Å². The molecule has 0 bridgehead atoms. The van der Waals surface area contributed by atoms with Crippen molar-refractivity contribution in [1.82, 2.24) is 5.32 Å². The van der Waals surface area contributed by atoms with Gasteiger partial charge in [0.15, 0.2) is 0 Å². The fraction of sp³-hybridized carbons (Fsp3) is 0.429. The minimum atomic E-state index is -0.950. The van der Waals surface area contributed by atoms with Crippen LogP contribution in [0.5, 0.6) is 0 Å². The lowest BCUT2D eigenvalue weighted by Crippen LogP contribution is -2.21. The molecule has 0 amide bonds. The number of rotatable bonds is 4. The lowest BCUT2D eigenvalue weighted by atomic mass is 10.2. The van der Waals surface area contributed by atoms with Crippen molar-refractivity contribution in [2.45, 2.75) is 39.0 Å². The molecule has 0 spiro atoms. The van der Waals surface area contributed by atoms with E-state index in [9.17, 15) is 4.21 Å². The molecule has 1 N–H and O–H groups in total. The smallest absolute Gasteiger partial charge is 0.0527 e. The van der Waals surface area contributed by atoms with Crippen molar-refractivity contribution in [1.29, 1.82) is 0 Å². The molecule has 0 fully saturated rings. The van der Waals surface area contributed by atoms with Crippen molar-refractivity contribution in [3.05, 3.63) is 47.0 Å². The Balaban J connectivity index is 2.53. The number of benzene rings is 1. The van der Waals surface area contributed by atoms with E-state index in [1.165, 1.54) is 5.56 Å². The van der Waals surface area contributed by atoms with Crippen molar-refractivity contribution in [2.75, 3.05) is 0 Å². The Bertz CT molecular complexity index is 404. The summed E-state index contributed by atoms with van der Waals surface area (Å²) in [5.74, 6) is 0. The Morgan fingerprint density at radius 1 is 1.29 bits per heavy atom. The van der Waals surface area contributed by atoms with Gasteiger partial charge in [0.05, 0.1) is 10.8 Å². The van der Waals surface area contributed by atoms with Gasteiger partial charge in [0.1, 0.15) is 0 Å². The zero-order valence-corrected chi connectivity index (χ0v) is 11.8. The van der Waals surface area contributed by atoms with Crippen LogP contribution in [0.15, 0.2) is 41.4 Å². The molecular formula is C14H21NOS. The molecule has 0 aliphatic heterocycles. The normalized spacial score (nSPS) is 14.5. The maximum absolute atomic E-state index is 11.9. The van der Waals surface area contributed by atoms with Crippen LogP contribution in [-0.4, -0.2) is 8.96 Å². The lowest BCUT2D eigenvalue weighted by molar-refractivity contribution is 0.655. The van der Waals surface area contributed by atoms with E-state index < -0.39 is 10.8 Å². The molecular weight excluding hydrogens is 230 g/mol. The Kier molecular flexibility index (Phi) is 4.94. The van der Waals surface area contributed by atoms with Gasteiger partial charge in [0.2, 0.25) is 0 Å². The van der Waals surface area contributed by atoms with Crippen LogP contribution in [0.1, 0.15) is 33.3 Å². The molecule has 94 valence electrons. The molecule has 1 rings (SSSR count). The van der Waals surface area contributed by atoms with Crippen LogP contribution in [0.25, 0.3) is 0 Å². The van der Waals surface area contributed by atoms with Crippen LogP contribution in [-0.2, 0) is 17.3 Å². The Hall–Kier alpha value is -1.09. The van der Waals surface area contributed by atoms with Crippen LogP contribution in [0.3, 0.4) is 0 Å². The first kappa shape index (κ1) is 14.0. The highest BCUT2D eigenvalue weighted by molar-refractivity contribution is 7.89. The third-order valence-electron chi connectivity index (χ3n) is 2.30. The molecule has 1 atom stereocenters. The summed E-state index contributed by atoms with van der Waals surface area (Å²) in [7, 11) is -0.950. The summed E-state index contributed by atoms with van der Waals surface area (Å²) in [6.07, 6.45) is 0. The second-order valence-corrected chi connectivity index (χ2v) is 7.11. The van der Waals surface area contributed by atoms with E-state index in [1.54, 1.807) is 5.41 Å². The van der Waals surface area contributed by atoms with Crippen molar-refractivity contribution in [3.8, 4) is 0 Å². The van der Waals surface area contributed by atoms with Crippen molar-refractivity contribution >= 4 is 10.8 Å². The fourth-order valence-electron chi connectivity index (χ4n) is 1.22. The van der Waals surface area contributed by atoms with E-state index in [0.29, 0.717) is 0 Å². The highest BCUT2D eigenvalue weighted by atomic mass is 32.2. The standard InChI is InChI=1S/C14H21NOS/c1-12(11-17(16)14(2,3)4)15-10-13-8-6-5-7-9-13/h5-9,11,15H,10H2,1-4H3. The second kappa shape index (κ2) is 6.01. The zero-order valence-electron chi connectivity index (χ0n) is 11.0. The van der Waals surface area contributed by atoms with Gasteiger partial charge in [-0.15, -0.1) is 0 Å². The molecule has 1 unspecified atom stereocenters. The molecule has 2 nitrogen and oxygen atoms in total. The molecule has 1 aromatic carbocycles. The topological polar surface area (TPSA) is 29.1 Å². The Morgan fingerprint density at radius 3 is 2.41 bits per heavy atom. The van der Waals surface area contributed by atoms with Crippen LogP contribution in [0.2, 0.25) is 0 Å². The summed E-state index contributed by atoms with van der Waals surface area (Å²) in [5.41, 5.74) is 2.18. The highest BCUT2D eigenvalue weighted by Gasteiger charge is 2.17. The van der Waals surface area contributed by atoms with Gasteiger partial charge in [0, 0.05) is 22.4 Å². The maximum Gasteiger partial charge on any atom is 0.0527 e. The van der Waals surface area contributed by atoms with Crippen molar-refractivity contribution in [3.63, 3.8) is 0 Å². The molecule has 0 heterocycles. The first-order chi connectivity index (χ1) is 7.89. The van der Waals surface area contributed by atoms with Crippen molar-refractivity contribution in [2.24, 2.45) is 0 Å². The van der Waals surface area contributed by atoms with E-state index in [-0.39, 0.29) is 4.75 Å². The van der Waals surface area contributed by atoms with Crippen LogP contribution < -0.4 is 5.32 Å². The SMILES string of the molecule is CC(=CS(=O)C(C)(C)C)NCc1ccccc1. The summed E-state index contributed by atoms with van der Waals surface area (Å²) in [5, 5.41) is 5.06. The zero-order chi connectivity index (χ0) is 12.9. The monoisotopic (exact) mass is 251 g/mol. The first-order valence-corrected chi connectivity index (χ1v) is 6.98. The molecule has 0 radical (unpaired) electrons. The summed E-state index contributed by atoms with van der Waals surface area (Å²) in [4.78, 5) is 0. The summed E-state index contributed by atoms with van der Waals surface area (Å²) < 4.78 is 11.7. The second-order valence-electron chi connectivity index (χ2n) is 5.05. The summed E-state index contributed by atoms with van der Waals surface area (Å²) in [6, 6.07) is 10.2. The third kappa shape index (κ3) is 5.18. The highest BCUT2D eigenvalue weighted by Crippen LogP contribution is 2.13. The molecule has 17 heavy (non-hydrogen) atoms. The molecule has 3 heteroatoms. The lowest BCUT2D eigenvalue weighted by Gasteiger charge is -2.15. The molecule has 0 aliphatic carbocycles. The quantitative estimate of drug-likeness (QED) is 0.890. The van der Waals surface area contributed by atoms with Gasteiger partial charge in [-0.25, -0.2) is 0 Å². The van der Waals surface area contributed by atoms with Gasteiger partial charge < -0.3 is 5.32 Å². The van der Waals surface area contributed by atoms with E-state index in [1.807, 2.05) is 45.9 Å². The average Bonchev–Trinajstić information content (AvgIpc) is 2.26. The van der Waals surface area contributed by atoms with E-state index in [4.69, 9.17) is 0 Å². The Morgan fingerprint density at radius 2 is 1.88 bits per heavy atom. The van der Waals surface area contributed by atoms with Crippen LogP contribution in [0.4, 0.5) is 0 Å². The van der Waals surface area contributed by atoms with Gasteiger partial charge >= 0.3 is 0 Å². The predicted octanol–water partition coefficient (Wildman–Crippen LogP) is 3.18. The number of hydrogen-bond donors (Lipinski definition) is 1. The van der Waals surface area contributed by atoms with Gasteiger partial charge in [0.25, 0.3) is 0 Å². The van der Waals surface area contributed by atoms with E-state index >= 15 is 0 Å². The van der Waals surface area contributed by atoms with E-state index in [2.05, 4.69) is 17.4 Å². The minimum Gasteiger partial charge on any atom is -0.384 e. The van der Waals surface area contributed by atoms with Gasteiger partial charge in [-0.1, -0.05) is 30.3 Å². The van der Waals surface area contributed by atoms with Gasteiger partial charge in [-0.2, -0.15) is 0 Å².